The lowest BCUT2D eigenvalue weighted by molar-refractivity contribution is 0.0997. The average Bonchev–Trinajstić information content (AvgIpc) is 2.88. The van der Waals surface area contributed by atoms with Crippen LogP contribution < -0.4 is 15.8 Å². The van der Waals surface area contributed by atoms with Crippen molar-refractivity contribution in [2.75, 3.05) is 18.7 Å². The summed E-state index contributed by atoms with van der Waals surface area (Å²) in [5.74, 6) is -0.817. The number of methoxy groups -OCH3 is 1. The molecule has 0 aliphatic carbocycles. The molecule has 36 heavy (non-hydrogen) atoms. The first-order valence-corrected chi connectivity index (χ1v) is 12.7. The van der Waals surface area contributed by atoms with Crippen molar-refractivity contribution in [3.05, 3.63) is 96.2 Å². The fourth-order valence-electron chi connectivity index (χ4n) is 3.75. The number of carbonyl (C=O) groups is 2. The van der Waals surface area contributed by atoms with Crippen molar-refractivity contribution in [2.24, 2.45) is 5.73 Å². The number of pyridine rings is 1. The number of amides is 2. The third kappa shape index (κ3) is 5.26. The number of nitrogens with zero attached hydrogens (tertiary/aromatic N) is 1. The van der Waals surface area contributed by atoms with Crippen LogP contribution in [0.4, 0.5) is 5.69 Å². The van der Waals surface area contributed by atoms with Crippen molar-refractivity contribution >= 4 is 27.3 Å². The van der Waals surface area contributed by atoms with Gasteiger partial charge in [0.1, 0.15) is 5.75 Å². The van der Waals surface area contributed by atoms with Gasteiger partial charge in [-0.1, -0.05) is 18.2 Å². The van der Waals surface area contributed by atoms with E-state index in [-0.39, 0.29) is 27.1 Å². The molecule has 182 valence electrons. The quantitative estimate of drug-likeness (QED) is 0.391. The van der Waals surface area contributed by atoms with E-state index in [0.717, 1.165) is 17.5 Å². The molecule has 0 aliphatic heterocycles. The summed E-state index contributed by atoms with van der Waals surface area (Å²) in [6, 6.07) is 21.4. The van der Waals surface area contributed by atoms with Gasteiger partial charge >= 0.3 is 0 Å². The number of sulfone groups is 1. The van der Waals surface area contributed by atoms with Crippen LogP contribution in [0.5, 0.6) is 5.75 Å². The summed E-state index contributed by atoms with van der Waals surface area (Å²) in [6.45, 7) is 0. The van der Waals surface area contributed by atoms with Crippen molar-refractivity contribution in [1.82, 2.24) is 4.98 Å². The van der Waals surface area contributed by atoms with Crippen LogP contribution in [-0.4, -0.2) is 38.6 Å². The number of nitrogens with one attached hydrogen (secondary N) is 1. The van der Waals surface area contributed by atoms with Crippen molar-refractivity contribution in [3.8, 4) is 28.1 Å². The lowest BCUT2D eigenvalue weighted by Gasteiger charge is -2.15. The molecule has 0 bridgehead atoms. The second kappa shape index (κ2) is 10.0. The number of hydrogen-bond acceptors (Lipinski definition) is 6. The minimum absolute atomic E-state index is 0.00978. The minimum Gasteiger partial charge on any atom is -0.497 e. The normalized spacial score (nSPS) is 11.1. The zero-order chi connectivity index (χ0) is 25.9. The molecular formula is C27H23N3O5S. The second-order valence-electron chi connectivity index (χ2n) is 8.01. The van der Waals surface area contributed by atoms with Crippen molar-refractivity contribution in [2.45, 2.75) is 4.90 Å². The van der Waals surface area contributed by atoms with E-state index in [1.807, 2.05) is 24.3 Å². The number of rotatable bonds is 7. The molecule has 0 aliphatic rings. The third-order valence-electron chi connectivity index (χ3n) is 5.53. The van der Waals surface area contributed by atoms with Crippen LogP contribution in [0.1, 0.15) is 20.7 Å². The molecule has 4 aromatic rings. The number of benzene rings is 3. The van der Waals surface area contributed by atoms with Crippen molar-refractivity contribution < 1.29 is 22.7 Å². The van der Waals surface area contributed by atoms with E-state index in [1.54, 1.807) is 36.5 Å². The largest absolute Gasteiger partial charge is 0.497 e. The summed E-state index contributed by atoms with van der Waals surface area (Å²) in [4.78, 5) is 29.9. The summed E-state index contributed by atoms with van der Waals surface area (Å²) < 4.78 is 29.8. The lowest BCUT2D eigenvalue weighted by Crippen LogP contribution is -2.16. The van der Waals surface area contributed by atoms with Gasteiger partial charge in [-0.25, -0.2) is 8.42 Å². The van der Waals surface area contributed by atoms with Crippen molar-refractivity contribution in [1.29, 1.82) is 0 Å². The van der Waals surface area contributed by atoms with Crippen LogP contribution in [-0.2, 0) is 9.84 Å². The predicted molar refractivity (Wildman–Crippen MR) is 138 cm³/mol. The van der Waals surface area contributed by atoms with Crippen LogP contribution in [0.25, 0.3) is 22.4 Å². The van der Waals surface area contributed by atoms with E-state index in [2.05, 4.69) is 10.3 Å². The molecule has 0 atom stereocenters. The molecule has 3 aromatic carbocycles. The van der Waals surface area contributed by atoms with E-state index < -0.39 is 21.7 Å². The summed E-state index contributed by atoms with van der Waals surface area (Å²) in [5.41, 5.74) is 8.43. The molecule has 4 rings (SSSR count). The highest BCUT2D eigenvalue weighted by molar-refractivity contribution is 7.90. The Balaban J connectivity index is 1.82. The molecule has 0 saturated heterocycles. The Bertz CT molecular complexity index is 1570. The van der Waals surface area contributed by atoms with E-state index in [4.69, 9.17) is 10.5 Å². The molecule has 0 spiro atoms. The molecule has 1 heterocycles. The van der Waals surface area contributed by atoms with Crippen LogP contribution in [0, 0.1) is 0 Å². The van der Waals surface area contributed by atoms with Crippen molar-refractivity contribution in [3.63, 3.8) is 0 Å². The number of aromatic nitrogens is 1. The van der Waals surface area contributed by atoms with Gasteiger partial charge in [0.25, 0.3) is 5.91 Å². The fourth-order valence-corrected chi connectivity index (χ4v) is 4.40. The third-order valence-corrected chi connectivity index (χ3v) is 6.64. The minimum atomic E-state index is -3.61. The van der Waals surface area contributed by atoms with Gasteiger partial charge in [-0.05, 0) is 71.8 Å². The first-order chi connectivity index (χ1) is 17.2. The Morgan fingerprint density at radius 1 is 0.889 bits per heavy atom. The standard InChI is InChI=1S/C27H23N3O5S/c1-35-19-9-11-21(26(28)31)23(15-19)24-16-20(36(2,33)34)10-12-22(24)27(32)30-18-7-5-6-17(14-18)25-8-3-4-13-29-25/h3-16H,1-2H3,(H2,28,31)(H,30,32). The Morgan fingerprint density at radius 2 is 1.64 bits per heavy atom. The number of primary amides is 1. The molecular weight excluding hydrogens is 478 g/mol. The van der Waals surface area contributed by atoms with Gasteiger partial charge in [0, 0.05) is 34.8 Å². The second-order valence-corrected chi connectivity index (χ2v) is 10.0. The maximum atomic E-state index is 13.4. The Kier molecular flexibility index (Phi) is 6.84. The lowest BCUT2D eigenvalue weighted by atomic mass is 9.94. The van der Waals surface area contributed by atoms with Gasteiger partial charge in [0.05, 0.1) is 17.7 Å². The molecule has 9 heteroatoms. The Hall–Kier alpha value is -4.50. The summed E-state index contributed by atoms with van der Waals surface area (Å²) in [5, 5.41) is 2.85. The number of anilines is 1. The van der Waals surface area contributed by atoms with E-state index >= 15 is 0 Å². The highest BCUT2D eigenvalue weighted by Gasteiger charge is 2.21. The molecule has 0 radical (unpaired) electrons. The number of carbonyl (C=O) groups excluding carboxylic acids is 2. The van der Waals surface area contributed by atoms with Gasteiger partial charge in [-0.15, -0.1) is 0 Å². The molecule has 0 saturated carbocycles. The zero-order valence-electron chi connectivity index (χ0n) is 19.6. The Labute approximate surface area is 208 Å². The maximum absolute atomic E-state index is 13.4. The number of nitrogens with two attached hydrogens (primary N) is 1. The van der Waals surface area contributed by atoms with Crippen LogP contribution in [0.2, 0.25) is 0 Å². The van der Waals surface area contributed by atoms with E-state index in [0.29, 0.717) is 11.4 Å². The highest BCUT2D eigenvalue weighted by Crippen LogP contribution is 2.33. The fraction of sp³-hybridized carbons (Fsp3) is 0.0741. The summed E-state index contributed by atoms with van der Waals surface area (Å²) in [7, 11) is -2.15. The molecule has 2 amide bonds. The van der Waals surface area contributed by atoms with Crippen LogP contribution >= 0.6 is 0 Å². The SMILES string of the molecule is COc1ccc(C(N)=O)c(-c2cc(S(C)(=O)=O)ccc2C(=O)Nc2cccc(-c3ccccn3)c2)c1. The number of hydrogen-bond donors (Lipinski definition) is 2. The van der Waals surface area contributed by atoms with E-state index in [1.165, 1.54) is 31.4 Å². The molecule has 0 unspecified atom stereocenters. The molecule has 8 nitrogen and oxygen atoms in total. The molecule has 3 N–H and O–H groups in total. The highest BCUT2D eigenvalue weighted by atomic mass is 32.2. The molecule has 1 aromatic heterocycles. The zero-order valence-corrected chi connectivity index (χ0v) is 20.4. The summed E-state index contributed by atoms with van der Waals surface area (Å²) in [6.07, 6.45) is 2.75. The van der Waals surface area contributed by atoms with Crippen LogP contribution in [0.15, 0.2) is 90.0 Å². The van der Waals surface area contributed by atoms with Gasteiger partial charge < -0.3 is 15.8 Å². The first kappa shape index (κ1) is 24.6. The monoisotopic (exact) mass is 501 g/mol. The van der Waals surface area contributed by atoms with Gasteiger partial charge in [-0.3, -0.25) is 14.6 Å². The Morgan fingerprint density at radius 3 is 2.31 bits per heavy atom. The number of ether oxygens (including phenoxy) is 1. The van der Waals surface area contributed by atoms with Gasteiger partial charge in [-0.2, -0.15) is 0 Å². The van der Waals surface area contributed by atoms with Gasteiger partial charge in [0.2, 0.25) is 5.91 Å². The topological polar surface area (TPSA) is 128 Å². The average molecular weight is 502 g/mol. The molecule has 0 fully saturated rings. The summed E-state index contributed by atoms with van der Waals surface area (Å²) >= 11 is 0. The van der Waals surface area contributed by atoms with Crippen LogP contribution in [0.3, 0.4) is 0 Å². The maximum Gasteiger partial charge on any atom is 0.256 e. The smallest absolute Gasteiger partial charge is 0.256 e. The first-order valence-electron chi connectivity index (χ1n) is 10.8. The van der Waals surface area contributed by atoms with E-state index in [9.17, 15) is 18.0 Å². The predicted octanol–water partition coefficient (Wildman–Crippen LogP) is 4.18. The van der Waals surface area contributed by atoms with Gasteiger partial charge in [0.15, 0.2) is 9.84 Å².